The standard InChI is InChI=1S/C6H5N3O5/c1-9-3(11)6(14-5(9)13)2(10)7-4(12)8-6/h1H3,(H2,7,8,10,12). The number of hydrogen-bond acceptors (Lipinski definition) is 5. The summed E-state index contributed by atoms with van der Waals surface area (Å²) < 4.78 is 4.51. The summed E-state index contributed by atoms with van der Waals surface area (Å²) in [5, 5.41) is 3.76. The van der Waals surface area contributed by atoms with Crippen LogP contribution in [0.2, 0.25) is 0 Å². The summed E-state index contributed by atoms with van der Waals surface area (Å²) in [5.74, 6) is -1.89. The second-order valence-corrected chi connectivity index (χ2v) is 2.82. The Balaban J connectivity index is 2.44. The molecule has 14 heavy (non-hydrogen) atoms. The molecule has 2 saturated heterocycles. The maximum absolute atomic E-state index is 11.4. The highest BCUT2D eigenvalue weighted by molar-refractivity contribution is 6.23. The van der Waals surface area contributed by atoms with Crippen molar-refractivity contribution in [3.63, 3.8) is 0 Å². The predicted octanol–water partition coefficient (Wildman–Crippen LogP) is -1.87. The van der Waals surface area contributed by atoms with Crippen LogP contribution in [0.25, 0.3) is 0 Å². The van der Waals surface area contributed by atoms with E-state index in [4.69, 9.17) is 0 Å². The first-order valence-electron chi connectivity index (χ1n) is 3.62. The van der Waals surface area contributed by atoms with Crippen molar-refractivity contribution in [2.75, 3.05) is 7.05 Å². The van der Waals surface area contributed by atoms with Crippen LogP contribution in [0.5, 0.6) is 0 Å². The van der Waals surface area contributed by atoms with E-state index >= 15 is 0 Å². The Labute approximate surface area is 77.2 Å². The number of likely N-dealkylation sites (N-methyl/N-ethyl adjacent to an activating group) is 1. The topological polar surface area (TPSA) is 105 Å². The molecule has 2 N–H and O–H groups in total. The lowest BCUT2D eigenvalue weighted by Gasteiger charge is -2.13. The van der Waals surface area contributed by atoms with Crippen molar-refractivity contribution < 1.29 is 23.9 Å². The number of rotatable bonds is 0. The molecular weight excluding hydrogens is 194 g/mol. The van der Waals surface area contributed by atoms with Gasteiger partial charge < -0.3 is 4.74 Å². The van der Waals surface area contributed by atoms with E-state index in [2.05, 4.69) is 4.74 Å². The maximum atomic E-state index is 11.4. The van der Waals surface area contributed by atoms with Crippen LogP contribution in [0.4, 0.5) is 9.59 Å². The fraction of sp³-hybridized carbons (Fsp3) is 0.333. The Bertz CT molecular complexity index is 378. The zero-order valence-electron chi connectivity index (χ0n) is 6.99. The van der Waals surface area contributed by atoms with Gasteiger partial charge in [-0.25, -0.2) is 14.5 Å². The second kappa shape index (κ2) is 2.22. The number of hydrogen-bond donors (Lipinski definition) is 2. The zero-order chi connectivity index (χ0) is 10.5. The molecule has 74 valence electrons. The van der Waals surface area contributed by atoms with E-state index < -0.39 is 29.7 Å². The number of amides is 5. The smallest absolute Gasteiger partial charge is 0.403 e. The average molecular weight is 199 g/mol. The molecule has 1 atom stereocenters. The van der Waals surface area contributed by atoms with Crippen LogP contribution in [0.3, 0.4) is 0 Å². The number of carbonyl (C=O) groups excluding carboxylic acids is 4. The highest BCUT2D eigenvalue weighted by Crippen LogP contribution is 2.23. The molecule has 0 aromatic rings. The molecule has 5 amide bonds. The van der Waals surface area contributed by atoms with Crippen molar-refractivity contribution >= 4 is 23.9 Å². The van der Waals surface area contributed by atoms with E-state index in [9.17, 15) is 19.2 Å². The molecule has 2 heterocycles. The third-order valence-corrected chi connectivity index (χ3v) is 1.96. The lowest BCUT2D eigenvalue weighted by Crippen LogP contribution is -2.54. The summed E-state index contributed by atoms with van der Waals surface area (Å²) in [6.07, 6.45) is -0.979. The maximum Gasteiger partial charge on any atom is 0.419 e. The number of carbonyl (C=O) groups is 4. The summed E-state index contributed by atoms with van der Waals surface area (Å²) in [7, 11) is 1.15. The van der Waals surface area contributed by atoms with E-state index in [0.29, 0.717) is 4.90 Å². The molecule has 0 aliphatic carbocycles. The fourth-order valence-electron chi connectivity index (χ4n) is 1.22. The summed E-state index contributed by atoms with van der Waals surface area (Å²) in [5.41, 5.74) is -2.19. The van der Waals surface area contributed by atoms with Crippen LogP contribution in [0, 0.1) is 0 Å². The number of ether oxygens (including phenoxy) is 1. The highest BCUT2D eigenvalue weighted by atomic mass is 16.6. The first kappa shape index (κ1) is 8.48. The van der Waals surface area contributed by atoms with Gasteiger partial charge in [-0.3, -0.25) is 20.2 Å². The molecule has 2 aliphatic heterocycles. The van der Waals surface area contributed by atoms with E-state index in [1.54, 1.807) is 0 Å². The third-order valence-electron chi connectivity index (χ3n) is 1.96. The zero-order valence-corrected chi connectivity index (χ0v) is 6.99. The molecule has 0 saturated carbocycles. The number of nitrogens with one attached hydrogen (secondary N) is 2. The summed E-state index contributed by atoms with van der Waals surface area (Å²) in [4.78, 5) is 44.9. The van der Waals surface area contributed by atoms with Gasteiger partial charge in [0.25, 0.3) is 0 Å². The van der Waals surface area contributed by atoms with Crippen molar-refractivity contribution in [3.8, 4) is 0 Å². The molecule has 8 heteroatoms. The predicted molar refractivity (Wildman–Crippen MR) is 38.7 cm³/mol. The van der Waals surface area contributed by atoms with Gasteiger partial charge in [-0.05, 0) is 0 Å². The van der Waals surface area contributed by atoms with Gasteiger partial charge in [-0.1, -0.05) is 0 Å². The molecule has 0 bridgehead atoms. The molecule has 0 aromatic carbocycles. The molecule has 2 aliphatic rings. The molecule has 1 unspecified atom stereocenters. The largest absolute Gasteiger partial charge is 0.419 e. The van der Waals surface area contributed by atoms with Crippen molar-refractivity contribution in [2.45, 2.75) is 5.72 Å². The first-order chi connectivity index (χ1) is 6.47. The molecule has 2 fully saturated rings. The van der Waals surface area contributed by atoms with Crippen LogP contribution in [0.15, 0.2) is 0 Å². The number of nitrogens with zero attached hydrogens (tertiary/aromatic N) is 1. The number of imide groups is 2. The van der Waals surface area contributed by atoms with Gasteiger partial charge in [-0.2, -0.15) is 0 Å². The van der Waals surface area contributed by atoms with Crippen LogP contribution in [-0.2, 0) is 14.3 Å². The Morgan fingerprint density at radius 2 is 1.93 bits per heavy atom. The molecule has 0 radical (unpaired) electrons. The van der Waals surface area contributed by atoms with Crippen molar-refractivity contribution in [1.82, 2.24) is 15.5 Å². The lowest BCUT2D eigenvalue weighted by atomic mass is 10.2. The minimum Gasteiger partial charge on any atom is -0.403 e. The number of urea groups is 1. The average Bonchev–Trinajstić information content (AvgIpc) is 2.48. The van der Waals surface area contributed by atoms with Gasteiger partial charge in [0.1, 0.15) is 0 Å². The quantitative estimate of drug-likeness (QED) is 0.351. The van der Waals surface area contributed by atoms with Gasteiger partial charge in [0.2, 0.25) is 0 Å². The highest BCUT2D eigenvalue weighted by Gasteiger charge is 2.63. The monoisotopic (exact) mass is 199 g/mol. The van der Waals surface area contributed by atoms with Gasteiger partial charge in [0, 0.05) is 7.05 Å². The van der Waals surface area contributed by atoms with Crippen LogP contribution >= 0.6 is 0 Å². The van der Waals surface area contributed by atoms with Crippen LogP contribution < -0.4 is 10.6 Å². The van der Waals surface area contributed by atoms with E-state index in [1.807, 2.05) is 10.6 Å². The summed E-state index contributed by atoms with van der Waals surface area (Å²) in [6, 6.07) is -0.869. The van der Waals surface area contributed by atoms with Gasteiger partial charge in [-0.15, -0.1) is 0 Å². The minimum atomic E-state index is -2.19. The van der Waals surface area contributed by atoms with E-state index in [1.165, 1.54) is 0 Å². The SMILES string of the molecule is CN1C(=O)OC2(NC(=O)NC2=O)C1=O. The molecule has 1 spiro atoms. The Hall–Kier alpha value is -2.12. The Morgan fingerprint density at radius 3 is 2.29 bits per heavy atom. The summed E-state index contributed by atoms with van der Waals surface area (Å²) >= 11 is 0. The minimum absolute atomic E-state index is 0.616. The van der Waals surface area contributed by atoms with E-state index in [0.717, 1.165) is 7.05 Å². The van der Waals surface area contributed by atoms with E-state index in [-0.39, 0.29) is 0 Å². The van der Waals surface area contributed by atoms with Gasteiger partial charge >= 0.3 is 29.7 Å². The molecular formula is C6H5N3O5. The van der Waals surface area contributed by atoms with Crippen molar-refractivity contribution in [1.29, 1.82) is 0 Å². The molecule has 2 rings (SSSR count). The van der Waals surface area contributed by atoms with Gasteiger partial charge in [0.05, 0.1) is 0 Å². The second-order valence-electron chi connectivity index (χ2n) is 2.82. The van der Waals surface area contributed by atoms with Gasteiger partial charge in [0.15, 0.2) is 0 Å². The third kappa shape index (κ3) is 0.767. The normalized spacial score (nSPS) is 30.8. The summed E-state index contributed by atoms with van der Waals surface area (Å²) in [6.45, 7) is 0. The molecule has 0 aromatic heterocycles. The van der Waals surface area contributed by atoms with Crippen molar-refractivity contribution in [2.24, 2.45) is 0 Å². The lowest BCUT2D eigenvalue weighted by molar-refractivity contribution is -0.147. The van der Waals surface area contributed by atoms with Crippen molar-refractivity contribution in [3.05, 3.63) is 0 Å². The first-order valence-corrected chi connectivity index (χ1v) is 3.62. The molecule has 8 nitrogen and oxygen atoms in total. The Kier molecular flexibility index (Phi) is 1.34. The Morgan fingerprint density at radius 1 is 1.29 bits per heavy atom. The fourth-order valence-corrected chi connectivity index (χ4v) is 1.22. The van der Waals surface area contributed by atoms with Crippen LogP contribution in [0.1, 0.15) is 0 Å². The van der Waals surface area contributed by atoms with Crippen LogP contribution in [-0.4, -0.2) is 41.6 Å².